The highest BCUT2D eigenvalue weighted by atomic mass is 32.2. The molecule has 0 radical (unpaired) electrons. The molecule has 0 fully saturated rings. The standard InChI is InChI=1S/C49H55N5O9S/c1-9-16-36-44(55)54-64(59,60)41-22-14-13-19-31(41)20-15-21-32-27-33(42(45(56)51-36)52-46(57)43(48(2,3)4)53-47(58)63-49(5,6)7)23-26-39(32)62-40-29-37(30-17-11-10-12-18-30)50-38-28-34(61-8)24-25-35(38)40/h10-15,17-19,21-29,36,42-43H,9,16,20H2,1-8H3,(H,51,56)(H,52,57)(H,53,58)(H,54,55)/b21-15-/t36-,42-,43+/m0/s1. The second-order valence-electron chi connectivity index (χ2n) is 17.6. The molecule has 0 spiro atoms. The number of pyridine rings is 1. The summed E-state index contributed by atoms with van der Waals surface area (Å²) in [5.41, 5.74) is 1.58. The van der Waals surface area contributed by atoms with E-state index in [0.29, 0.717) is 57.0 Å². The zero-order chi connectivity index (χ0) is 46.4. The fourth-order valence-corrected chi connectivity index (χ4v) is 8.45. The largest absolute Gasteiger partial charge is 0.497 e. The molecular formula is C49H55N5O9S. The van der Waals surface area contributed by atoms with Gasteiger partial charge in [-0.1, -0.05) is 101 Å². The highest BCUT2D eigenvalue weighted by Gasteiger charge is 2.38. The number of allylic oxidation sites excluding steroid dienone is 1. The van der Waals surface area contributed by atoms with E-state index in [1.807, 2.05) is 48.5 Å². The van der Waals surface area contributed by atoms with E-state index in [-0.39, 0.29) is 17.7 Å². The van der Waals surface area contributed by atoms with E-state index in [0.717, 1.165) is 5.56 Å². The van der Waals surface area contributed by atoms with Crippen LogP contribution in [0.3, 0.4) is 0 Å². The first kappa shape index (κ1) is 46.8. The number of carbonyl (C=O) groups excluding carboxylic acids is 4. The number of benzene rings is 4. The molecule has 0 saturated heterocycles. The highest BCUT2D eigenvalue weighted by molar-refractivity contribution is 7.90. The van der Waals surface area contributed by atoms with Crippen LogP contribution in [0, 0.1) is 5.41 Å². The molecule has 1 aliphatic rings. The van der Waals surface area contributed by atoms with E-state index in [1.165, 1.54) is 6.07 Å². The van der Waals surface area contributed by atoms with E-state index in [1.54, 1.807) is 110 Å². The number of sulfonamides is 1. The van der Waals surface area contributed by atoms with Crippen LogP contribution in [0.1, 0.15) is 84.0 Å². The lowest BCUT2D eigenvalue weighted by Gasteiger charge is -2.33. The number of fused-ring (bicyclic) bond motifs is 4. The fourth-order valence-electron chi connectivity index (χ4n) is 7.18. The van der Waals surface area contributed by atoms with Crippen LogP contribution in [0.2, 0.25) is 0 Å². The Morgan fingerprint density at radius 1 is 0.875 bits per heavy atom. The molecule has 15 heteroatoms. The molecule has 1 aromatic heterocycles. The van der Waals surface area contributed by atoms with Gasteiger partial charge in [0, 0.05) is 28.6 Å². The topological polar surface area (TPSA) is 191 Å². The normalized spacial score (nSPS) is 17.6. The zero-order valence-corrected chi connectivity index (χ0v) is 38.1. The summed E-state index contributed by atoms with van der Waals surface area (Å²) in [7, 11) is -2.83. The lowest BCUT2D eigenvalue weighted by Crippen LogP contribution is -2.57. The molecule has 1 aliphatic heterocycles. The maximum atomic E-state index is 14.6. The van der Waals surface area contributed by atoms with Crippen molar-refractivity contribution < 1.29 is 41.8 Å². The Kier molecular flexibility index (Phi) is 14.1. The number of amides is 4. The molecule has 0 saturated carbocycles. The van der Waals surface area contributed by atoms with Crippen molar-refractivity contribution in [1.82, 2.24) is 25.7 Å². The van der Waals surface area contributed by atoms with Gasteiger partial charge in [0.25, 0.3) is 15.9 Å². The summed E-state index contributed by atoms with van der Waals surface area (Å²) in [6.07, 6.45) is 3.27. The minimum absolute atomic E-state index is 0.0799. The summed E-state index contributed by atoms with van der Waals surface area (Å²) in [5.74, 6) is -1.03. The number of aromatic nitrogens is 1. The Morgan fingerprint density at radius 2 is 1.59 bits per heavy atom. The number of rotatable bonds is 9. The molecule has 64 heavy (non-hydrogen) atoms. The molecule has 4 aromatic carbocycles. The van der Waals surface area contributed by atoms with Gasteiger partial charge in [-0.15, -0.1) is 0 Å². The molecular weight excluding hydrogens is 835 g/mol. The second kappa shape index (κ2) is 19.3. The molecule has 5 aromatic rings. The number of methoxy groups -OCH3 is 1. The predicted octanol–water partition coefficient (Wildman–Crippen LogP) is 8.16. The summed E-state index contributed by atoms with van der Waals surface area (Å²) in [5, 5.41) is 8.89. The van der Waals surface area contributed by atoms with Gasteiger partial charge in [-0.25, -0.2) is 22.9 Å². The van der Waals surface area contributed by atoms with Crippen molar-refractivity contribution in [3.05, 3.63) is 120 Å². The summed E-state index contributed by atoms with van der Waals surface area (Å²) < 4.78 is 47.5. The summed E-state index contributed by atoms with van der Waals surface area (Å²) in [6.45, 7) is 12.1. The first-order valence-electron chi connectivity index (χ1n) is 21.0. The molecule has 0 unspecified atom stereocenters. The Labute approximate surface area is 374 Å². The molecule has 336 valence electrons. The summed E-state index contributed by atoms with van der Waals surface area (Å²) in [6, 6.07) is 24.3. The van der Waals surface area contributed by atoms with Gasteiger partial charge in [0.15, 0.2) is 0 Å². The monoisotopic (exact) mass is 889 g/mol. The molecule has 14 nitrogen and oxygen atoms in total. The minimum atomic E-state index is -4.41. The van der Waals surface area contributed by atoms with E-state index in [4.69, 9.17) is 19.2 Å². The fraction of sp³-hybridized carbons (Fsp3) is 0.327. The zero-order valence-electron chi connectivity index (χ0n) is 37.3. The van der Waals surface area contributed by atoms with Crippen LogP contribution in [0.5, 0.6) is 17.2 Å². The molecule has 4 N–H and O–H groups in total. The maximum Gasteiger partial charge on any atom is 0.408 e. The van der Waals surface area contributed by atoms with Gasteiger partial charge in [-0.3, -0.25) is 14.4 Å². The number of ether oxygens (including phenoxy) is 3. The molecule has 2 heterocycles. The lowest BCUT2D eigenvalue weighted by atomic mass is 9.86. The Balaban J connectivity index is 1.51. The SMILES string of the molecule is CCC[C@@H]1NC(=O)[C@@H](NC(=O)[C@@H](NC(=O)OC(C)(C)C)C(C)(C)C)c2ccc(Oc3cc(-c4ccccc4)nc4cc(OC)ccc34)c(c2)/C=C\Cc2ccccc2S(=O)(=O)NC1=O. The average molecular weight is 890 g/mol. The van der Waals surface area contributed by atoms with Gasteiger partial charge in [0.2, 0.25) is 11.8 Å². The van der Waals surface area contributed by atoms with Gasteiger partial charge < -0.3 is 30.2 Å². The van der Waals surface area contributed by atoms with Gasteiger partial charge in [-0.05, 0) is 80.5 Å². The third-order valence-corrected chi connectivity index (χ3v) is 11.8. The van der Waals surface area contributed by atoms with Crippen LogP contribution in [-0.2, 0) is 35.6 Å². The second-order valence-corrected chi connectivity index (χ2v) is 19.2. The number of alkyl carbamates (subject to hydrolysis) is 1. The number of carbonyl (C=O) groups is 4. The third-order valence-electron chi connectivity index (χ3n) is 10.3. The van der Waals surface area contributed by atoms with Crippen LogP contribution >= 0.6 is 0 Å². The van der Waals surface area contributed by atoms with Crippen LogP contribution in [-0.4, -0.2) is 62.0 Å². The van der Waals surface area contributed by atoms with E-state index >= 15 is 0 Å². The van der Waals surface area contributed by atoms with Crippen LogP contribution in [0.25, 0.3) is 28.2 Å². The van der Waals surface area contributed by atoms with E-state index in [9.17, 15) is 27.6 Å². The van der Waals surface area contributed by atoms with Crippen LogP contribution < -0.4 is 30.1 Å². The minimum Gasteiger partial charge on any atom is -0.497 e. The Bertz CT molecular complexity index is 2690. The predicted molar refractivity (Wildman–Crippen MR) is 245 cm³/mol. The molecule has 2 bridgehead atoms. The van der Waals surface area contributed by atoms with Gasteiger partial charge >= 0.3 is 6.09 Å². The average Bonchev–Trinajstić information content (AvgIpc) is 3.23. The van der Waals surface area contributed by atoms with Crippen molar-refractivity contribution in [1.29, 1.82) is 0 Å². The first-order valence-corrected chi connectivity index (χ1v) is 22.5. The van der Waals surface area contributed by atoms with Gasteiger partial charge in [-0.2, -0.15) is 0 Å². The molecule has 3 atom stereocenters. The van der Waals surface area contributed by atoms with Crippen molar-refractivity contribution >= 4 is 50.8 Å². The number of nitrogens with one attached hydrogen (secondary N) is 4. The third kappa shape index (κ3) is 11.4. The van der Waals surface area contributed by atoms with Gasteiger partial charge in [0.05, 0.1) is 23.2 Å². The quantitative estimate of drug-likeness (QED) is 0.112. The highest BCUT2D eigenvalue weighted by Crippen LogP contribution is 2.37. The van der Waals surface area contributed by atoms with E-state index < -0.39 is 63.0 Å². The number of hydrogen-bond acceptors (Lipinski definition) is 10. The van der Waals surface area contributed by atoms with Crippen molar-refractivity contribution in [2.45, 2.75) is 96.4 Å². The van der Waals surface area contributed by atoms with Gasteiger partial charge in [0.1, 0.15) is 41.0 Å². The van der Waals surface area contributed by atoms with Crippen LogP contribution in [0.15, 0.2) is 108 Å². The Hall–Kier alpha value is -6.74. The molecule has 4 amide bonds. The smallest absolute Gasteiger partial charge is 0.408 e. The van der Waals surface area contributed by atoms with E-state index in [2.05, 4.69) is 20.7 Å². The number of nitrogens with zero attached hydrogens (tertiary/aromatic N) is 1. The first-order chi connectivity index (χ1) is 30.3. The van der Waals surface area contributed by atoms with Crippen molar-refractivity contribution in [2.24, 2.45) is 5.41 Å². The Morgan fingerprint density at radius 3 is 2.28 bits per heavy atom. The number of hydrogen-bond donors (Lipinski definition) is 4. The van der Waals surface area contributed by atoms with Crippen molar-refractivity contribution in [2.75, 3.05) is 7.11 Å². The van der Waals surface area contributed by atoms with Crippen LogP contribution in [0.4, 0.5) is 4.79 Å². The van der Waals surface area contributed by atoms with Crippen molar-refractivity contribution in [3.8, 4) is 28.5 Å². The molecule has 0 aliphatic carbocycles. The summed E-state index contributed by atoms with van der Waals surface area (Å²) in [4.78, 5) is 60.5. The summed E-state index contributed by atoms with van der Waals surface area (Å²) >= 11 is 0. The van der Waals surface area contributed by atoms with Crippen molar-refractivity contribution in [3.63, 3.8) is 0 Å². The maximum absolute atomic E-state index is 14.6. The molecule has 6 rings (SSSR count). The lowest BCUT2D eigenvalue weighted by molar-refractivity contribution is -0.133.